The summed E-state index contributed by atoms with van der Waals surface area (Å²) in [6.45, 7) is -1.14. The molecule has 0 unspecified atom stereocenters. The number of aliphatic carboxylic acids is 1. The summed E-state index contributed by atoms with van der Waals surface area (Å²) >= 11 is 0. The number of carbonyl (C=O) groups is 2. The zero-order valence-electron chi connectivity index (χ0n) is 9.29. The number of hydrogen-bond donors (Lipinski definition) is 1. The first-order valence-electron chi connectivity index (χ1n) is 4.90. The summed E-state index contributed by atoms with van der Waals surface area (Å²) in [4.78, 5) is 22.0. The third-order valence-corrected chi connectivity index (χ3v) is 1.67. The fraction of sp³-hybridized carbons (Fsp3) is 0.778. The van der Waals surface area contributed by atoms with Crippen LogP contribution in [0.2, 0.25) is 0 Å². The lowest BCUT2D eigenvalue weighted by molar-refractivity contribution is -0.165. The molecular weight excluding hydrogens is 243 g/mol. The molecule has 0 atom stereocenters. The fourth-order valence-electron chi connectivity index (χ4n) is 1.10. The first-order chi connectivity index (χ1) is 7.76. The highest BCUT2D eigenvalue weighted by Gasteiger charge is 2.32. The van der Waals surface area contributed by atoms with Crippen molar-refractivity contribution in [1.29, 1.82) is 0 Å². The first-order valence-corrected chi connectivity index (χ1v) is 4.90. The molecule has 0 spiro atoms. The Balaban J connectivity index is 4.19. The summed E-state index contributed by atoms with van der Waals surface area (Å²) in [5.74, 6) is -2.15. The average molecular weight is 257 g/mol. The second-order valence-corrected chi connectivity index (χ2v) is 3.32. The van der Waals surface area contributed by atoms with Crippen molar-refractivity contribution < 1.29 is 32.6 Å². The summed E-state index contributed by atoms with van der Waals surface area (Å²) in [5, 5.41) is 8.22. The summed E-state index contributed by atoms with van der Waals surface area (Å²) in [6, 6.07) is 0. The summed E-state index contributed by atoms with van der Waals surface area (Å²) in [7, 11) is 0. The van der Waals surface area contributed by atoms with Crippen LogP contribution in [0.4, 0.5) is 13.2 Å². The van der Waals surface area contributed by atoms with Crippen LogP contribution in [0.15, 0.2) is 0 Å². The number of amides is 1. The van der Waals surface area contributed by atoms with E-state index in [9.17, 15) is 22.8 Å². The SMILES string of the molecule is CCCN(CC(F)(F)F)C(=O)COCC(=O)O. The molecule has 0 aliphatic carbocycles. The largest absolute Gasteiger partial charge is 0.480 e. The Morgan fingerprint density at radius 1 is 1.29 bits per heavy atom. The van der Waals surface area contributed by atoms with Crippen molar-refractivity contribution in [2.24, 2.45) is 0 Å². The van der Waals surface area contributed by atoms with Crippen molar-refractivity contribution in [3.8, 4) is 0 Å². The summed E-state index contributed by atoms with van der Waals surface area (Å²) in [6.07, 6.45) is -4.10. The number of nitrogens with zero attached hydrogens (tertiary/aromatic N) is 1. The van der Waals surface area contributed by atoms with Gasteiger partial charge in [-0.1, -0.05) is 6.92 Å². The van der Waals surface area contributed by atoms with Gasteiger partial charge in [-0.2, -0.15) is 13.2 Å². The number of alkyl halides is 3. The maximum absolute atomic E-state index is 12.1. The van der Waals surface area contributed by atoms with Crippen molar-refractivity contribution in [3.63, 3.8) is 0 Å². The Morgan fingerprint density at radius 3 is 2.29 bits per heavy atom. The van der Waals surface area contributed by atoms with E-state index in [0.29, 0.717) is 11.3 Å². The molecule has 0 rings (SSSR count). The molecule has 0 heterocycles. The molecule has 0 saturated carbocycles. The van der Waals surface area contributed by atoms with Gasteiger partial charge in [0.1, 0.15) is 19.8 Å². The molecular formula is C9H14F3NO4. The Morgan fingerprint density at radius 2 is 1.88 bits per heavy atom. The Kier molecular flexibility index (Phi) is 6.55. The van der Waals surface area contributed by atoms with Gasteiger partial charge in [0, 0.05) is 6.54 Å². The average Bonchev–Trinajstić information content (AvgIpc) is 2.14. The van der Waals surface area contributed by atoms with Crippen molar-refractivity contribution >= 4 is 11.9 Å². The predicted molar refractivity (Wildman–Crippen MR) is 51.4 cm³/mol. The van der Waals surface area contributed by atoms with Crippen LogP contribution in [0, 0.1) is 0 Å². The number of ether oxygens (including phenoxy) is 1. The molecule has 0 fully saturated rings. The molecule has 17 heavy (non-hydrogen) atoms. The Hall–Kier alpha value is -1.31. The predicted octanol–water partition coefficient (Wildman–Crippen LogP) is 0.889. The minimum absolute atomic E-state index is 0.0469. The van der Waals surface area contributed by atoms with Crippen LogP contribution in [0.5, 0.6) is 0 Å². The lowest BCUT2D eigenvalue weighted by Crippen LogP contribution is -2.41. The van der Waals surface area contributed by atoms with E-state index in [-0.39, 0.29) is 6.54 Å². The topological polar surface area (TPSA) is 66.8 Å². The van der Waals surface area contributed by atoms with Gasteiger partial charge >= 0.3 is 12.1 Å². The quantitative estimate of drug-likeness (QED) is 0.735. The van der Waals surface area contributed by atoms with E-state index in [1.165, 1.54) is 0 Å². The highest BCUT2D eigenvalue weighted by Crippen LogP contribution is 2.16. The van der Waals surface area contributed by atoms with E-state index in [1.54, 1.807) is 6.92 Å². The van der Waals surface area contributed by atoms with Crippen LogP contribution in [-0.2, 0) is 14.3 Å². The van der Waals surface area contributed by atoms with E-state index in [1.807, 2.05) is 0 Å². The van der Waals surface area contributed by atoms with Crippen molar-refractivity contribution in [1.82, 2.24) is 4.90 Å². The van der Waals surface area contributed by atoms with Crippen LogP contribution < -0.4 is 0 Å². The molecule has 1 amide bonds. The van der Waals surface area contributed by atoms with E-state index in [2.05, 4.69) is 4.74 Å². The molecule has 0 radical (unpaired) electrons. The first kappa shape index (κ1) is 15.7. The Labute approximate surface area is 96.1 Å². The number of carbonyl (C=O) groups excluding carboxylic acids is 1. The minimum atomic E-state index is -4.47. The molecule has 100 valence electrons. The zero-order chi connectivity index (χ0) is 13.5. The molecule has 0 aromatic rings. The fourth-order valence-corrected chi connectivity index (χ4v) is 1.10. The number of carboxylic acids is 1. The summed E-state index contributed by atoms with van der Waals surface area (Å²) in [5.41, 5.74) is 0. The van der Waals surface area contributed by atoms with E-state index >= 15 is 0 Å². The molecule has 1 N–H and O–H groups in total. The number of hydrogen-bond acceptors (Lipinski definition) is 3. The standard InChI is InChI=1S/C9H14F3NO4/c1-2-3-13(6-9(10,11)12)7(14)4-17-5-8(15)16/h2-6H2,1H3,(H,15,16). The highest BCUT2D eigenvalue weighted by molar-refractivity contribution is 5.78. The van der Waals surface area contributed by atoms with Gasteiger partial charge in [-0.05, 0) is 6.42 Å². The van der Waals surface area contributed by atoms with Gasteiger partial charge in [-0.3, -0.25) is 4.79 Å². The van der Waals surface area contributed by atoms with Crippen molar-refractivity contribution in [2.45, 2.75) is 19.5 Å². The molecule has 0 aromatic heterocycles. The molecule has 0 aromatic carbocycles. The molecule has 0 aliphatic heterocycles. The maximum Gasteiger partial charge on any atom is 0.406 e. The van der Waals surface area contributed by atoms with Gasteiger partial charge in [0.2, 0.25) is 5.91 Å². The summed E-state index contributed by atoms with van der Waals surface area (Å²) < 4.78 is 40.8. The van der Waals surface area contributed by atoms with Crippen LogP contribution in [-0.4, -0.2) is 54.4 Å². The monoisotopic (exact) mass is 257 g/mol. The third kappa shape index (κ3) is 8.49. The van der Waals surface area contributed by atoms with Gasteiger partial charge < -0.3 is 14.7 Å². The Bertz CT molecular complexity index is 267. The minimum Gasteiger partial charge on any atom is -0.480 e. The van der Waals surface area contributed by atoms with Gasteiger partial charge in [-0.15, -0.1) is 0 Å². The highest BCUT2D eigenvalue weighted by atomic mass is 19.4. The van der Waals surface area contributed by atoms with Gasteiger partial charge in [0.25, 0.3) is 0 Å². The van der Waals surface area contributed by atoms with Gasteiger partial charge in [0.05, 0.1) is 0 Å². The van der Waals surface area contributed by atoms with Crippen LogP contribution in [0.25, 0.3) is 0 Å². The molecule has 0 bridgehead atoms. The molecule has 8 heteroatoms. The normalized spacial score (nSPS) is 11.3. The smallest absolute Gasteiger partial charge is 0.406 e. The second kappa shape index (κ2) is 7.10. The third-order valence-electron chi connectivity index (χ3n) is 1.67. The van der Waals surface area contributed by atoms with Crippen LogP contribution in [0.3, 0.4) is 0 Å². The molecule has 5 nitrogen and oxygen atoms in total. The van der Waals surface area contributed by atoms with E-state index in [4.69, 9.17) is 5.11 Å². The van der Waals surface area contributed by atoms with Crippen molar-refractivity contribution in [3.05, 3.63) is 0 Å². The zero-order valence-corrected chi connectivity index (χ0v) is 9.29. The maximum atomic E-state index is 12.1. The van der Waals surface area contributed by atoms with Gasteiger partial charge in [0.15, 0.2) is 0 Å². The van der Waals surface area contributed by atoms with Gasteiger partial charge in [-0.25, -0.2) is 4.79 Å². The second-order valence-electron chi connectivity index (χ2n) is 3.32. The van der Waals surface area contributed by atoms with E-state index < -0.39 is 37.8 Å². The lowest BCUT2D eigenvalue weighted by Gasteiger charge is -2.23. The van der Waals surface area contributed by atoms with Crippen molar-refractivity contribution in [2.75, 3.05) is 26.3 Å². The number of halogens is 3. The molecule has 0 saturated heterocycles. The van der Waals surface area contributed by atoms with Crippen LogP contribution >= 0.6 is 0 Å². The van der Waals surface area contributed by atoms with Crippen LogP contribution in [0.1, 0.15) is 13.3 Å². The molecule has 0 aliphatic rings. The lowest BCUT2D eigenvalue weighted by atomic mass is 10.4. The van der Waals surface area contributed by atoms with E-state index in [0.717, 1.165) is 0 Å². The number of carboxylic acid groups (broad SMARTS) is 1. The number of rotatable bonds is 7.